The molecule has 0 fully saturated rings. The molecular formula is C26H25NaO8. The van der Waals surface area contributed by atoms with Gasteiger partial charge in [-0.3, -0.25) is 9.59 Å². The standard InChI is InChI=1S/C26H26O8.Na/c1-2-3-4-5-6-7-10-31-17-8-9-18-16(11-17)15-32-22-14-23-19(12-20(22)25(18)28)21(27)13-24(33-23)34-26(29)30;/h8-9,11-14H,2-7,10,15H2,1H3,(H,29,30);/q;+1/p-1. The number of carbonyl (C=O) groups is 2. The van der Waals surface area contributed by atoms with Crippen molar-refractivity contribution in [3.8, 4) is 17.4 Å². The Bertz CT molecular complexity index is 1280. The van der Waals surface area contributed by atoms with Crippen LogP contribution in [0.15, 0.2) is 45.6 Å². The SMILES string of the molecule is CCCCCCCCOc1ccc2c(c1)COc1cc3oc(OC(=O)[O-])cc(=O)c3cc1C2=O.[Na+]. The molecular weight excluding hydrogens is 463 g/mol. The van der Waals surface area contributed by atoms with Crippen molar-refractivity contribution in [2.24, 2.45) is 0 Å². The van der Waals surface area contributed by atoms with Crippen molar-refractivity contribution in [1.82, 2.24) is 0 Å². The Morgan fingerprint density at radius 1 is 1.00 bits per heavy atom. The van der Waals surface area contributed by atoms with Crippen LogP contribution >= 0.6 is 0 Å². The number of unbranched alkanes of at least 4 members (excludes halogenated alkanes) is 5. The van der Waals surface area contributed by atoms with Gasteiger partial charge in [-0.2, -0.15) is 0 Å². The maximum atomic E-state index is 13.2. The summed E-state index contributed by atoms with van der Waals surface area (Å²) in [4.78, 5) is 36.3. The summed E-state index contributed by atoms with van der Waals surface area (Å²) in [6.07, 6.45) is 5.17. The number of benzene rings is 2. The Hall–Kier alpha value is -2.81. The maximum absolute atomic E-state index is 13.2. The van der Waals surface area contributed by atoms with E-state index >= 15 is 0 Å². The van der Waals surface area contributed by atoms with Crippen molar-refractivity contribution in [3.63, 3.8) is 0 Å². The summed E-state index contributed by atoms with van der Waals surface area (Å²) in [6, 6.07) is 8.92. The predicted molar refractivity (Wildman–Crippen MR) is 122 cm³/mol. The second-order valence-electron chi connectivity index (χ2n) is 8.18. The number of hydrogen-bond donors (Lipinski definition) is 0. The fourth-order valence-electron chi connectivity index (χ4n) is 3.96. The Morgan fingerprint density at radius 3 is 2.54 bits per heavy atom. The molecule has 0 unspecified atom stereocenters. The first kappa shape index (κ1) is 26.8. The van der Waals surface area contributed by atoms with Crippen LogP contribution < -0.4 is 54.3 Å². The van der Waals surface area contributed by atoms with Gasteiger partial charge in [0.05, 0.1) is 17.6 Å². The van der Waals surface area contributed by atoms with Gasteiger partial charge in [0.15, 0.2) is 11.2 Å². The number of hydrogen-bond acceptors (Lipinski definition) is 8. The summed E-state index contributed by atoms with van der Waals surface area (Å²) in [5, 5.41) is 10.8. The third-order valence-electron chi connectivity index (χ3n) is 5.71. The number of fused-ring (bicyclic) bond motifs is 3. The normalized spacial score (nSPS) is 12.1. The second kappa shape index (κ2) is 12.2. The Labute approximate surface area is 224 Å². The zero-order valence-corrected chi connectivity index (χ0v) is 21.9. The van der Waals surface area contributed by atoms with Crippen LogP contribution in [0.25, 0.3) is 11.0 Å². The van der Waals surface area contributed by atoms with Crippen molar-refractivity contribution >= 4 is 22.9 Å². The molecule has 0 N–H and O–H groups in total. The molecule has 0 spiro atoms. The van der Waals surface area contributed by atoms with Crippen molar-refractivity contribution < 1.29 is 62.9 Å². The quantitative estimate of drug-likeness (QED) is 0.252. The van der Waals surface area contributed by atoms with Gasteiger partial charge in [-0.15, -0.1) is 0 Å². The van der Waals surface area contributed by atoms with E-state index in [0.717, 1.165) is 18.9 Å². The van der Waals surface area contributed by atoms with Crippen LogP contribution in [0.3, 0.4) is 0 Å². The first-order valence-corrected chi connectivity index (χ1v) is 11.4. The van der Waals surface area contributed by atoms with Gasteiger partial charge in [0.1, 0.15) is 23.7 Å². The topological polar surface area (TPSA) is 115 Å². The van der Waals surface area contributed by atoms with Crippen molar-refractivity contribution in [2.75, 3.05) is 6.61 Å². The fraction of sp³-hybridized carbons (Fsp3) is 0.346. The largest absolute Gasteiger partial charge is 1.00 e. The molecule has 4 rings (SSSR count). The molecule has 3 aromatic rings. The zero-order valence-electron chi connectivity index (χ0n) is 19.9. The van der Waals surface area contributed by atoms with E-state index in [1.807, 2.05) is 0 Å². The van der Waals surface area contributed by atoms with Gasteiger partial charge in [0.25, 0.3) is 6.16 Å². The molecule has 2 heterocycles. The van der Waals surface area contributed by atoms with Crippen molar-refractivity contribution in [3.05, 3.63) is 63.3 Å². The summed E-state index contributed by atoms with van der Waals surface area (Å²) in [5.74, 6) is 0.0758. The van der Waals surface area contributed by atoms with E-state index in [1.165, 1.54) is 37.8 Å². The zero-order chi connectivity index (χ0) is 24.1. The number of ketones is 1. The molecule has 1 aliphatic heterocycles. The Morgan fingerprint density at radius 2 is 1.77 bits per heavy atom. The maximum Gasteiger partial charge on any atom is 1.00 e. The smallest absolute Gasteiger partial charge is 0.494 e. The Kier molecular flexibility index (Phi) is 9.37. The Balaban J connectivity index is 0.00000342. The van der Waals surface area contributed by atoms with Gasteiger partial charge < -0.3 is 28.5 Å². The molecule has 9 heteroatoms. The molecule has 1 aromatic heterocycles. The van der Waals surface area contributed by atoms with Crippen LogP contribution in [-0.2, 0) is 6.61 Å². The predicted octanol–water partition coefficient (Wildman–Crippen LogP) is 1.38. The third kappa shape index (κ3) is 6.45. The molecule has 0 saturated heterocycles. The van der Waals surface area contributed by atoms with Gasteiger partial charge >= 0.3 is 29.6 Å². The molecule has 0 aliphatic carbocycles. The van der Waals surface area contributed by atoms with Crippen LogP contribution in [0, 0.1) is 0 Å². The van der Waals surface area contributed by atoms with E-state index in [2.05, 4.69) is 11.7 Å². The minimum atomic E-state index is -1.85. The summed E-state index contributed by atoms with van der Waals surface area (Å²) in [7, 11) is 0. The van der Waals surface area contributed by atoms with Gasteiger partial charge in [0, 0.05) is 23.3 Å². The molecule has 1 aliphatic rings. The van der Waals surface area contributed by atoms with Gasteiger partial charge in [-0.05, 0) is 30.7 Å². The second-order valence-corrected chi connectivity index (χ2v) is 8.18. The molecule has 178 valence electrons. The fourth-order valence-corrected chi connectivity index (χ4v) is 3.96. The molecule has 0 atom stereocenters. The van der Waals surface area contributed by atoms with E-state index in [-0.39, 0.29) is 64.2 Å². The molecule has 8 nitrogen and oxygen atoms in total. The minimum absolute atomic E-state index is 0. The summed E-state index contributed by atoms with van der Waals surface area (Å²) >= 11 is 0. The molecule has 0 bridgehead atoms. The molecule has 0 radical (unpaired) electrons. The van der Waals surface area contributed by atoms with Crippen molar-refractivity contribution in [1.29, 1.82) is 0 Å². The first-order chi connectivity index (χ1) is 16.5. The van der Waals surface area contributed by atoms with Crippen LogP contribution in [0.2, 0.25) is 0 Å². The molecule has 2 aromatic carbocycles. The van der Waals surface area contributed by atoms with E-state index in [9.17, 15) is 19.5 Å². The summed E-state index contributed by atoms with van der Waals surface area (Å²) in [5.41, 5.74) is 0.824. The van der Waals surface area contributed by atoms with E-state index in [0.29, 0.717) is 23.5 Å². The van der Waals surface area contributed by atoms with Crippen LogP contribution in [-0.4, -0.2) is 18.5 Å². The number of carbonyl (C=O) groups excluding carboxylic acids is 2. The van der Waals surface area contributed by atoms with Gasteiger partial charge in [-0.1, -0.05) is 39.0 Å². The van der Waals surface area contributed by atoms with E-state index in [1.54, 1.807) is 18.2 Å². The monoisotopic (exact) mass is 488 g/mol. The number of carboxylic acid groups (broad SMARTS) is 1. The van der Waals surface area contributed by atoms with Crippen molar-refractivity contribution in [2.45, 2.75) is 52.1 Å². The summed E-state index contributed by atoms with van der Waals surface area (Å²) < 4.78 is 21.4. The average molecular weight is 488 g/mol. The minimum Gasteiger partial charge on any atom is -0.494 e. The van der Waals surface area contributed by atoms with Gasteiger partial charge in [0.2, 0.25) is 5.95 Å². The summed E-state index contributed by atoms with van der Waals surface area (Å²) in [6.45, 7) is 2.92. The number of ether oxygens (including phenoxy) is 3. The molecule has 0 amide bonds. The molecule has 35 heavy (non-hydrogen) atoms. The first-order valence-electron chi connectivity index (χ1n) is 11.4. The van der Waals surface area contributed by atoms with E-state index < -0.39 is 17.5 Å². The third-order valence-corrected chi connectivity index (χ3v) is 5.71. The van der Waals surface area contributed by atoms with Crippen LogP contribution in [0.4, 0.5) is 4.79 Å². The van der Waals surface area contributed by atoms with Gasteiger partial charge in [-0.25, -0.2) is 0 Å². The number of rotatable bonds is 9. The average Bonchev–Trinajstić information content (AvgIpc) is 2.93. The molecule has 0 saturated carbocycles. The van der Waals surface area contributed by atoms with E-state index in [4.69, 9.17) is 13.9 Å². The van der Waals surface area contributed by atoms with Crippen LogP contribution in [0.1, 0.15) is 66.9 Å². The van der Waals surface area contributed by atoms with Crippen LogP contribution in [0.5, 0.6) is 17.4 Å².